The van der Waals surface area contributed by atoms with Crippen LogP contribution in [0.3, 0.4) is 0 Å². The van der Waals surface area contributed by atoms with E-state index in [1.165, 1.54) is 13.1 Å². The van der Waals surface area contributed by atoms with E-state index in [0.29, 0.717) is 6.10 Å². The molecule has 1 aliphatic heterocycles. The number of likely N-dealkylation sites (tertiary alicyclic amines) is 1. The van der Waals surface area contributed by atoms with Gasteiger partial charge in [-0.15, -0.1) is 0 Å². The van der Waals surface area contributed by atoms with E-state index in [-0.39, 0.29) is 0 Å². The van der Waals surface area contributed by atoms with Crippen LogP contribution >= 0.6 is 0 Å². The average Bonchev–Trinajstić information content (AvgIpc) is 1.92. The molecule has 78 valence electrons. The van der Waals surface area contributed by atoms with Crippen molar-refractivity contribution < 1.29 is 4.74 Å². The predicted molar refractivity (Wildman–Crippen MR) is 55.0 cm³/mol. The lowest BCUT2D eigenvalue weighted by atomic mass is 10.1. The Morgan fingerprint density at radius 1 is 1.38 bits per heavy atom. The first-order chi connectivity index (χ1) is 6.09. The van der Waals surface area contributed by atoms with E-state index in [4.69, 9.17) is 4.74 Å². The summed E-state index contributed by atoms with van der Waals surface area (Å²) in [5.41, 5.74) is 0. The van der Waals surface area contributed by atoms with E-state index in [9.17, 15) is 0 Å². The van der Waals surface area contributed by atoms with Crippen molar-refractivity contribution in [1.29, 1.82) is 0 Å². The van der Waals surface area contributed by atoms with Crippen molar-refractivity contribution in [3.8, 4) is 0 Å². The molecule has 0 N–H and O–H groups in total. The van der Waals surface area contributed by atoms with Crippen molar-refractivity contribution in [1.82, 2.24) is 9.80 Å². The minimum Gasteiger partial charge on any atom is -0.377 e. The number of rotatable bonds is 5. The van der Waals surface area contributed by atoms with E-state index in [1.54, 1.807) is 0 Å². The molecule has 0 aliphatic carbocycles. The molecule has 0 radical (unpaired) electrons. The second kappa shape index (κ2) is 4.94. The topological polar surface area (TPSA) is 15.7 Å². The average molecular weight is 186 g/mol. The molecule has 0 aromatic heterocycles. The SMILES string of the molecule is CC(C)OCCN1CC(N(C)C)C1. The third kappa shape index (κ3) is 3.63. The molecule has 1 fully saturated rings. The highest BCUT2D eigenvalue weighted by atomic mass is 16.5. The molecule has 0 spiro atoms. The molecule has 1 saturated heterocycles. The maximum absolute atomic E-state index is 5.49. The zero-order chi connectivity index (χ0) is 9.84. The summed E-state index contributed by atoms with van der Waals surface area (Å²) < 4.78 is 5.49. The Kier molecular flexibility index (Phi) is 4.16. The number of nitrogens with zero attached hydrogens (tertiary/aromatic N) is 2. The second-order valence-electron chi connectivity index (χ2n) is 4.30. The van der Waals surface area contributed by atoms with Gasteiger partial charge in [0.25, 0.3) is 0 Å². The van der Waals surface area contributed by atoms with Crippen LogP contribution in [0.5, 0.6) is 0 Å². The summed E-state index contributed by atoms with van der Waals surface area (Å²) in [7, 11) is 4.29. The maximum atomic E-state index is 5.49. The summed E-state index contributed by atoms with van der Waals surface area (Å²) in [6.07, 6.45) is 0.367. The Hall–Kier alpha value is -0.120. The van der Waals surface area contributed by atoms with Crippen molar-refractivity contribution in [2.75, 3.05) is 40.3 Å². The quantitative estimate of drug-likeness (QED) is 0.627. The van der Waals surface area contributed by atoms with Gasteiger partial charge in [-0.1, -0.05) is 0 Å². The summed E-state index contributed by atoms with van der Waals surface area (Å²) in [6.45, 7) is 8.53. The zero-order valence-corrected chi connectivity index (χ0v) is 9.29. The highest BCUT2D eigenvalue weighted by Crippen LogP contribution is 2.11. The van der Waals surface area contributed by atoms with E-state index in [1.807, 2.05) is 0 Å². The Labute approximate surface area is 81.7 Å². The van der Waals surface area contributed by atoms with Gasteiger partial charge < -0.3 is 9.64 Å². The third-order valence-corrected chi connectivity index (χ3v) is 2.53. The molecular weight excluding hydrogens is 164 g/mol. The summed E-state index contributed by atoms with van der Waals surface area (Å²) in [6, 6.07) is 0.763. The van der Waals surface area contributed by atoms with Gasteiger partial charge in [0.05, 0.1) is 12.7 Å². The van der Waals surface area contributed by atoms with Crippen molar-refractivity contribution in [3.63, 3.8) is 0 Å². The van der Waals surface area contributed by atoms with Crippen LogP contribution in [0.4, 0.5) is 0 Å². The lowest BCUT2D eigenvalue weighted by Crippen LogP contribution is -2.57. The molecule has 0 saturated carbocycles. The molecular formula is C10H22N2O. The number of hydrogen-bond donors (Lipinski definition) is 0. The van der Waals surface area contributed by atoms with Crippen LogP contribution in [0.2, 0.25) is 0 Å². The van der Waals surface area contributed by atoms with Crippen LogP contribution in [0.1, 0.15) is 13.8 Å². The van der Waals surface area contributed by atoms with E-state index >= 15 is 0 Å². The molecule has 0 unspecified atom stereocenters. The van der Waals surface area contributed by atoms with Gasteiger partial charge in [-0.3, -0.25) is 4.90 Å². The number of hydrogen-bond acceptors (Lipinski definition) is 3. The van der Waals surface area contributed by atoms with Crippen molar-refractivity contribution in [2.24, 2.45) is 0 Å². The first-order valence-electron chi connectivity index (χ1n) is 5.10. The summed E-state index contributed by atoms with van der Waals surface area (Å²) in [4.78, 5) is 4.73. The highest BCUT2D eigenvalue weighted by molar-refractivity contribution is 4.85. The van der Waals surface area contributed by atoms with Gasteiger partial charge in [-0.2, -0.15) is 0 Å². The van der Waals surface area contributed by atoms with Gasteiger partial charge in [-0.25, -0.2) is 0 Å². The molecule has 0 aromatic carbocycles. The van der Waals surface area contributed by atoms with Crippen LogP contribution in [0.15, 0.2) is 0 Å². The third-order valence-electron chi connectivity index (χ3n) is 2.53. The predicted octanol–water partition coefficient (Wildman–Crippen LogP) is 0.657. The van der Waals surface area contributed by atoms with Crippen LogP contribution < -0.4 is 0 Å². The fourth-order valence-corrected chi connectivity index (χ4v) is 1.47. The Balaban J connectivity index is 1.96. The molecule has 3 nitrogen and oxygen atoms in total. The van der Waals surface area contributed by atoms with Crippen LogP contribution in [-0.4, -0.2) is 62.3 Å². The molecule has 0 bridgehead atoms. The fourth-order valence-electron chi connectivity index (χ4n) is 1.47. The Morgan fingerprint density at radius 3 is 2.46 bits per heavy atom. The largest absolute Gasteiger partial charge is 0.377 e. The number of ether oxygens (including phenoxy) is 1. The minimum absolute atomic E-state index is 0.367. The molecule has 0 aromatic rings. The standard InChI is InChI=1S/C10H22N2O/c1-9(2)13-6-5-12-7-10(8-12)11(3)4/h9-10H,5-8H2,1-4H3. The van der Waals surface area contributed by atoms with Crippen molar-refractivity contribution in [3.05, 3.63) is 0 Å². The molecule has 1 aliphatic rings. The fraction of sp³-hybridized carbons (Fsp3) is 1.00. The van der Waals surface area contributed by atoms with Crippen molar-refractivity contribution in [2.45, 2.75) is 26.0 Å². The first-order valence-corrected chi connectivity index (χ1v) is 5.10. The zero-order valence-electron chi connectivity index (χ0n) is 9.29. The Bertz CT molecular complexity index is 142. The minimum atomic E-state index is 0.367. The van der Waals surface area contributed by atoms with E-state index in [0.717, 1.165) is 19.2 Å². The van der Waals surface area contributed by atoms with Gasteiger partial charge in [0.15, 0.2) is 0 Å². The Morgan fingerprint density at radius 2 is 2.00 bits per heavy atom. The van der Waals surface area contributed by atoms with E-state index in [2.05, 4.69) is 37.7 Å². The molecule has 1 heterocycles. The lowest BCUT2D eigenvalue weighted by Gasteiger charge is -2.42. The molecule has 0 atom stereocenters. The summed E-state index contributed by atoms with van der Waals surface area (Å²) in [5.74, 6) is 0. The second-order valence-corrected chi connectivity index (χ2v) is 4.30. The van der Waals surface area contributed by atoms with Crippen LogP contribution in [0.25, 0.3) is 0 Å². The highest BCUT2D eigenvalue weighted by Gasteiger charge is 2.27. The van der Waals surface area contributed by atoms with Gasteiger partial charge in [0.2, 0.25) is 0 Å². The van der Waals surface area contributed by atoms with Gasteiger partial charge in [-0.05, 0) is 27.9 Å². The van der Waals surface area contributed by atoms with Gasteiger partial charge >= 0.3 is 0 Å². The normalized spacial score (nSPS) is 19.8. The summed E-state index contributed by atoms with van der Waals surface area (Å²) in [5, 5.41) is 0. The maximum Gasteiger partial charge on any atom is 0.0596 e. The summed E-state index contributed by atoms with van der Waals surface area (Å²) >= 11 is 0. The van der Waals surface area contributed by atoms with Gasteiger partial charge in [0, 0.05) is 25.7 Å². The molecule has 13 heavy (non-hydrogen) atoms. The lowest BCUT2D eigenvalue weighted by molar-refractivity contribution is 0.0135. The molecule has 0 amide bonds. The van der Waals surface area contributed by atoms with Gasteiger partial charge in [0.1, 0.15) is 0 Å². The van der Waals surface area contributed by atoms with Crippen molar-refractivity contribution >= 4 is 0 Å². The molecule has 3 heteroatoms. The monoisotopic (exact) mass is 186 g/mol. The number of likely N-dealkylation sites (N-methyl/N-ethyl adjacent to an activating group) is 1. The smallest absolute Gasteiger partial charge is 0.0596 e. The first kappa shape index (κ1) is 11.0. The van der Waals surface area contributed by atoms with E-state index < -0.39 is 0 Å². The molecule has 1 rings (SSSR count). The van der Waals surface area contributed by atoms with Crippen LogP contribution in [0, 0.1) is 0 Å². The van der Waals surface area contributed by atoms with Crippen LogP contribution in [-0.2, 0) is 4.74 Å².